The lowest BCUT2D eigenvalue weighted by molar-refractivity contribution is -0.142. The molecule has 7 nitrogen and oxygen atoms in total. The molecule has 21 heavy (non-hydrogen) atoms. The molecule has 0 spiro atoms. The van der Waals surface area contributed by atoms with E-state index in [4.69, 9.17) is 16.7 Å². The van der Waals surface area contributed by atoms with Crippen LogP contribution in [0.4, 0.5) is 5.69 Å². The first-order valence-corrected chi connectivity index (χ1v) is 8.10. The molecule has 0 amide bonds. The molecule has 1 aromatic carbocycles. The Morgan fingerprint density at radius 1 is 1.43 bits per heavy atom. The fourth-order valence-electron chi connectivity index (χ4n) is 2.15. The van der Waals surface area contributed by atoms with E-state index in [9.17, 15) is 18.3 Å². The van der Waals surface area contributed by atoms with Crippen molar-refractivity contribution in [3.63, 3.8) is 0 Å². The summed E-state index contributed by atoms with van der Waals surface area (Å²) >= 11 is 5.72. The van der Waals surface area contributed by atoms with Crippen LogP contribution in [-0.2, 0) is 15.0 Å². The van der Waals surface area contributed by atoms with Crippen LogP contribution in [0, 0.1) is 5.92 Å². The molecular weight excluding hydrogens is 320 g/mol. The van der Waals surface area contributed by atoms with E-state index in [1.54, 1.807) is 0 Å². The Balaban J connectivity index is 2.14. The van der Waals surface area contributed by atoms with Crippen LogP contribution in [0.3, 0.4) is 0 Å². The first-order chi connectivity index (χ1) is 9.79. The molecule has 0 aliphatic carbocycles. The molecule has 0 radical (unpaired) electrons. The Morgan fingerprint density at radius 2 is 2.14 bits per heavy atom. The third-order valence-corrected chi connectivity index (χ3v) is 5.08. The summed E-state index contributed by atoms with van der Waals surface area (Å²) in [6.07, 6.45) is 0.959. The van der Waals surface area contributed by atoms with Crippen LogP contribution in [0.5, 0.6) is 5.75 Å². The van der Waals surface area contributed by atoms with Gasteiger partial charge in [0, 0.05) is 13.1 Å². The van der Waals surface area contributed by atoms with E-state index >= 15 is 0 Å². The number of rotatable bonds is 4. The second-order valence-corrected chi connectivity index (χ2v) is 6.89. The number of aromatic hydroxyl groups is 1. The SMILES string of the molecule is O=C(O)C1CCCN(S(=O)(=O)Nc2ccc(O)c(Cl)c2)C1. The fraction of sp³-hybridized carbons (Fsp3) is 0.417. The van der Waals surface area contributed by atoms with Crippen molar-refractivity contribution >= 4 is 33.5 Å². The maximum Gasteiger partial charge on any atom is 0.307 e. The number of halogens is 1. The van der Waals surface area contributed by atoms with Gasteiger partial charge in [0.05, 0.1) is 16.6 Å². The van der Waals surface area contributed by atoms with Crippen LogP contribution in [0.1, 0.15) is 12.8 Å². The Morgan fingerprint density at radius 3 is 2.76 bits per heavy atom. The van der Waals surface area contributed by atoms with Crippen LogP contribution in [0.15, 0.2) is 18.2 Å². The van der Waals surface area contributed by atoms with Gasteiger partial charge in [-0.1, -0.05) is 11.6 Å². The van der Waals surface area contributed by atoms with Crippen LogP contribution >= 0.6 is 11.6 Å². The van der Waals surface area contributed by atoms with Gasteiger partial charge in [0.2, 0.25) is 0 Å². The van der Waals surface area contributed by atoms with Gasteiger partial charge in [0.15, 0.2) is 0 Å². The van der Waals surface area contributed by atoms with Crippen LogP contribution in [0.2, 0.25) is 5.02 Å². The van der Waals surface area contributed by atoms with Crippen molar-refractivity contribution in [2.45, 2.75) is 12.8 Å². The second-order valence-electron chi connectivity index (χ2n) is 4.81. The van der Waals surface area contributed by atoms with Gasteiger partial charge in [-0.05, 0) is 31.0 Å². The van der Waals surface area contributed by atoms with Gasteiger partial charge < -0.3 is 10.2 Å². The minimum Gasteiger partial charge on any atom is -0.506 e. The van der Waals surface area contributed by atoms with Crippen molar-refractivity contribution in [1.82, 2.24) is 4.31 Å². The van der Waals surface area contributed by atoms with Gasteiger partial charge in [-0.2, -0.15) is 12.7 Å². The maximum absolute atomic E-state index is 12.2. The first kappa shape index (κ1) is 15.9. The third-order valence-electron chi connectivity index (χ3n) is 3.27. The van der Waals surface area contributed by atoms with Crippen LogP contribution < -0.4 is 4.72 Å². The van der Waals surface area contributed by atoms with E-state index in [-0.39, 0.29) is 29.5 Å². The summed E-state index contributed by atoms with van der Waals surface area (Å²) in [4.78, 5) is 11.0. The molecule has 0 bridgehead atoms. The molecule has 3 N–H and O–H groups in total. The highest BCUT2D eigenvalue weighted by Crippen LogP contribution is 2.27. The number of hydrogen-bond donors (Lipinski definition) is 3. The number of benzene rings is 1. The molecule has 1 aliphatic heterocycles. The second kappa shape index (κ2) is 6.08. The quantitative estimate of drug-likeness (QED) is 0.723. The molecule has 1 fully saturated rings. The van der Waals surface area contributed by atoms with Crippen molar-refractivity contribution in [2.75, 3.05) is 17.8 Å². The highest BCUT2D eigenvalue weighted by molar-refractivity contribution is 7.90. The van der Waals surface area contributed by atoms with Gasteiger partial charge in [-0.25, -0.2) is 0 Å². The lowest BCUT2D eigenvalue weighted by Gasteiger charge is -2.29. The predicted molar refractivity (Wildman–Crippen MR) is 77.6 cm³/mol. The molecule has 0 saturated carbocycles. The lowest BCUT2D eigenvalue weighted by Crippen LogP contribution is -2.44. The zero-order valence-corrected chi connectivity index (χ0v) is 12.6. The summed E-state index contributed by atoms with van der Waals surface area (Å²) in [6.45, 7) is 0.210. The summed E-state index contributed by atoms with van der Waals surface area (Å²) in [6, 6.07) is 3.93. The molecule has 2 rings (SSSR count). The molecule has 116 valence electrons. The van der Waals surface area contributed by atoms with Crippen molar-refractivity contribution in [3.8, 4) is 5.75 Å². The highest BCUT2D eigenvalue weighted by atomic mass is 35.5. The molecule has 1 aliphatic rings. The molecule has 9 heteroatoms. The van der Waals surface area contributed by atoms with Gasteiger partial charge in [-0.15, -0.1) is 0 Å². The van der Waals surface area contributed by atoms with E-state index in [1.807, 2.05) is 0 Å². The van der Waals surface area contributed by atoms with E-state index in [0.717, 1.165) is 4.31 Å². The number of phenols is 1. The topological polar surface area (TPSA) is 107 Å². The summed E-state index contributed by atoms with van der Waals surface area (Å²) in [5.41, 5.74) is 0.204. The van der Waals surface area contributed by atoms with E-state index in [0.29, 0.717) is 12.8 Å². The molecule has 1 aromatic rings. The number of carboxylic acid groups (broad SMARTS) is 1. The number of phenolic OH excluding ortho intramolecular Hbond substituents is 1. The normalized spacial score (nSPS) is 20.1. The number of carboxylic acids is 1. The Hall–Kier alpha value is -1.51. The summed E-state index contributed by atoms with van der Waals surface area (Å²) in [7, 11) is -3.85. The number of nitrogens with zero attached hydrogens (tertiary/aromatic N) is 1. The van der Waals surface area contributed by atoms with E-state index in [1.165, 1.54) is 18.2 Å². The number of aliphatic carboxylic acids is 1. The smallest absolute Gasteiger partial charge is 0.307 e. The Bertz CT molecular complexity index is 649. The minimum atomic E-state index is -3.85. The zero-order chi connectivity index (χ0) is 15.6. The molecule has 1 saturated heterocycles. The molecule has 1 unspecified atom stereocenters. The molecular formula is C12H15ClN2O5S. The van der Waals surface area contributed by atoms with Crippen LogP contribution in [0.25, 0.3) is 0 Å². The summed E-state index contributed by atoms with van der Waals surface area (Å²) in [5.74, 6) is -1.84. The Labute approximate surface area is 127 Å². The average molecular weight is 335 g/mol. The number of piperidine rings is 1. The average Bonchev–Trinajstić information content (AvgIpc) is 2.43. The summed E-state index contributed by atoms with van der Waals surface area (Å²) < 4.78 is 27.9. The van der Waals surface area contributed by atoms with Crippen molar-refractivity contribution in [2.24, 2.45) is 5.92 Å². The first-order valence-electron chi connectivity index (χ1n) is 6.29. The standard InChI is InChI=1S/C12H15ClN2O5S/c13-10-6-9(3-4-11(10)16)14-21(19,20)15-5-1-2-8(7-15)12(17)18/h3-4,6,8,14,16H,1-2,5,7H2,(H,17,18). The van der Waals surface area contributed by atoms with Crippen molar-refractivity contribution in [3.05, 3.63) is 23.2 Å². The maximum atomic E-state index is 12.2. The van der Waals surface area contributed by atoms with Gasteiger partial charge in [0.1, 0.15) is 5.75 Å². The number of nitrogens with one attached hydrogen (secondary N) is 1. The zero-order valence-electron chi connectivity index (χ0n) is 11.0. The van der Waals surface area contributed by atoms with Crippen LogP contribution in [-0.4, -0.2) is 42.0 Å². The number of carbonyl (C=O) groups is 1. The van der Waals surface area contributed by atoms with E-state index < -0.39 is 22.1 Å². The number of anilines is 1. The fourth-order valence-corrected chi connectivity index (χ4v) is 3.63. The Kier molecular flexibility index (Phi) is 4.60. The molecule has 0 aromatic heterocycles. The summed E-state index contributed by atoms with van der Waals surface area (Å²) in [5, 5.41) is 18.3. The van der Waals surface area contributed by atoms with Gasteiger partial charge >= 0.3 is 16.2 Å². The third kappa shape index (κ3) is 3.78. The minimum absolute atomic E-state index is 0.0252. The van der Waals surface area contributed by atoms with Crippen molar-refractivity contribution < 1.29 is 23.4 Å². The predicted octanol–water partition coefficient (Wildman–Crippen LogP) is 1.50. The monoisotopic (exact) mass is 334 g/mol. The highest BCUT2D eigenvalue weighted by Gasteiger charge is 2.32. The van der Waals surface area contributed by atoms with Gasteiger partial charge in [0.25, 0.3) is 0 Å². The number of hydrogen-bond acceptors (Lipinski definition) is 4. The molecule has 1 heterocycles. The van der Waals surface area contributed by atoms with Crippen molar-refractivity contribution in [1.29, 1.82) is 0 Å². The van der Waals surface area contributed by atoms with E-state index in [2.05, 4.69) is 4.72 Å². The molecule has 1 atom stereocenters. The lowest BCUT2D eigenvalue weighted by atomic mass is 10.0. The van der Waals surface area contributed by atoms with Gasteiger partial charge in [-0.3, -0.25) is 9.52 Å². The largest absolute Gasteiger partial charge is 0.506 e.